The first-order chi connectivity index (χ1) is 10.0. The van der Waals surface area contributed by atoms with Gasteiger partial charge in [0.05, 0.1) is 15.9 Å². The lowest BCUT2D eigenvalue weighted by molar-refractivity contribution is -0.143. The molecule has 0 amide bonds. The first kappa shape index (κ1) is 16.9. The van der Waals surface area contributed by atoms with Gasteiger partial charge in [-0.2, -0.15) is 4.31 Å². The van der Waals surface area contributed by atoms with Crippen LogP contribution >= 0.6 is 0 Å². The summed E-state index contributed by atoms with van der Waals surface area (Å²) in [6, 6.07) is 3.11. The van der Waals surface area contributed by atoms with Gasteiger partial charge < -0.3 is 10.2 Å². The summed E-state index contributed by atoms with van der Waals surface area (Å²) in [4.78, 5) is 10.7. The number of sulfonamides is 1. The highest BCUT2D eigenvalue weighted by molar-refractivity contribution is 7.91. The Hall–Kier alpha value is -1.49. The second-order valence-corrected chi connectivity index (χ2v) is 8.91. The number of hydrogen-bond donors (Lipinski definition) is 2. The first-order valence-electron chi connectivity index (χ1n) is 6.28. The summed E-state index contributed by atoms with van der Waals surface area (Å²) in [7, 11) is -7.82. The third kappa shape index (κ3) is 3.00. The molecule has 8 nitrogen and oxygen atoms in total. The Balaban J connectivity index is 2.50. The molecule has 2 rings (SSSR count). The third-order valence-electron chi connectivity index (χ3n) is 3.41. The van der Waals surface area contributed by atoms with Gasteiger partial charge in [0.15, 0.2) is 9.84 Å². The fourth-order valence-corrected chi connectivity index (χ4v) is 4.72. The normalized spacial score (nSPS) is 23.5. The lowest BCUT2D eigenvalue weighted by atomic mass is 10.2. The van der Waals surface area contributed by atoms with Crippen LogP contribution in [0.5, 0.6) is 0 Å². The molecular formula is C12H15NO7S2. The van der Waals surface area contributed by atoms with Crippen LogP contribution in [-0.4, -0.2) is 62.3 Å². The highest BCUT2D eigenvalue weighted by atomic mass is 32.2. The van der Waals surface area contributed by atoms with E-state index in [1.807, 2.05) is 0 Å². The van der Waals surface area contributed by atoms with E-state index in [1.54, 1.807) is 0 Å². The van der Waals surface area contributed by atoms with Gasteiger partial charge in [-0.1, -0.05) is 6.07 Å². The monoisotopic (exact) mass is 349 g/mol. The molecule has 1 saturated heterocycles. The van der Waals surface area contributed by atoms with Crippen LogP contribution in [-0.2, 0) is 24.7 Å². The minimum atomic E-state index is -4.22. The summed E-state index contributed by atoms with van der Waals surface area (Å²) < 4.78 is 48.8. The zero-order chi connectivity index (χ0) is 16.7. The van der Waals surface area contributed by atoms with E-state index in [0.717, 1.165) is 12.3 Å². The van der Waals surface area contributed by atoms with E-state index < -0.39 is 38.0 Å². The molecule has 1 aliphatic heterocycles. The Kier molecular flexibility index (Phi) is 4.30. The summed E-state index contributed by atoms with van der Waals surface area (Å²) in [5.41, 5.74) is 0. The highest BCUT2D eigenvalue weighted by Crippen LogP contribution is 2.27. The van der Waals surface area contributed by atoms with E-state index in [9.17, 15) is 26.7 Å². The van der Waals surface area contributed by atoms with Crippen LogP contribution in [0.3, 0.4) is 0 Å². The fraction of sp³-hybridized carbons (Fsp3) is 0.417. The smallest absolute Gasteiger partial charge is 0.324 e. The van der Waals surface area contributed by atoms with Crippen LogP contribution in [0.1, 0.15) is 6.42 Å². The van der Waals surface area contributed by atoms with Gasteiger partial charge in [-0.05, 0) is 24.6 Å². The van der Waals surface area contributed by atoms with E-state index in [2.05, 4.69) is 0 Å². The summed E-state index contributed by atoms with van der Waals surface area (Å²) in [5, 5.41) is 18.7. The van der Waals surface area contributed by atoms with E-state index in [1.165, 1.54) is 18.2 Å². The van der Waals surface area contributed by atoms with Gasteiger partial charge in [-0.3, -0.25) is 4.79 Å². The van der Waals surface area contributed by atoms with Gasteiger partial charge in [-0.25, -0.2) is 16.8 Å². The van der Waals surface area contributed by atoms with Crippen molar-refractivity contribution in [1.29, 1.82) is 0 Å². The van der Waals surface area contributed by atoms with Crippen LogP contribution in [0.25, 0.3) is 0 Å². The van der Waals surface area contributed by atoms with Crippen LogP contribution < -0.4 is 0 Å². The van der Waals surface area contributed by atoms with E-state index >= 15 is 0 Å². The molecule has 1 heterocycles. The topological polar surface area (TPSA) is 129 Å². The predicted octanol–water partition coefficient (Wildman–Crippen LogP) is -0.701. The maximum Gasteiger partial charge on any atom is 0.324 e. The summed E-state index contributed by atoms with van der Waals surface area (Å²) >= 11 is 0. The second kappa shape index (κ2) is 5.61. The zero-order valence-corrected chi connectivity index (χ0v) is 13.2. The van der Waals surface area contributed by atoms with Crippen molar-refractivity contribution in [3.63, 3.8) is 0 Å². The minimum Gasteiger partial charge on any atom is -0.480 e. The van der Waals surface area contributed by atoms with Crippen molar-refractivity contribution in [2.45, 2.75) is 28.4 Å². The molecule has 0 spiro atoms. The van der Waals surface area contributed by atoms with Crippen LogP contribution in [0.2, 0.25) is 0 Å². The SMILES string of the molecule is CS(=O)(=O)c1cccc(S(=O)(=O)N2CC[C@H](O)[C@H]2C(=O)O)c1. The summed E-state index contributed by atoms with van der Waals surface area (Å²) in [6.45, 7) is -0.149. The number of sulfone groups is 1. The number of benzene rings is 1. The number of aliphatic carboxylic acids is 1. The summed E-state index contributed by atoms with van der Waals surface area (Å²) in [6.07, 6.45) is -0.356. The number of carbonyl (C=O) groups is 1. The fourth-order valence-electron chi connectivity index (χ4n) is 2.31. The van der Waals surface area contributed by atoms with Crippen molar-refractivity contribution >= 4 is 25.8 Å². The van der Waals surface area contributed by atoms with E-state index in [0.29, 0.717) is 4.31 Å². The molecule has 10 heteroatoms. The lowest BCUT2D eigenvalue weighted by Crippen LogP contribution is -2.44. The Morgan fingerprint density at radius 2 is 1.82 bits per heavy atom. The average Bonchev–Trinajstić information content (AvgIpc) is 2.80. The Morgan fingerprint density at radius 1 is 1.23 bits per heavy atom. The average molecular weight is 349 g/mol. The maximum atomic E-state index is 12.5. The van der Waals surface area contributed by atoms with Crippen molar-refractivity contribution in [2.75, 3.05) is 12.8 Å². The van der Waals surface area contributed by atoms with Gasteiger partial charge in [0.2, 0.25) is 10.0 Å². The first-order valence-corrected chi connectivity index (χ1v) is 9.61. The molecular weight excluding hydrogens is 334 g/mol. The number of hydrogen-bond acceptors (Lipinski definition) is 6. The number of aliphatic hydroxyl groups excluding tert-OH is 1. The molecule has 1 aliphatic rings. The number of carboxylic acids is 1. The Bertz CT molecular complexity index is 801. The maximum absolute atomic E-state index is 12.5. The number of rotatable bonds is 4. The molecule has 22 heavy (non-hydrogen) atoms. The van der Waals surface area contributed by atoms with Crippen molar-refractivity contribution in [1.82, 2.24) is 4.31 Å². The second-order valence-electron chi connectivity index (χ2n) is 5.00. The molecule has 0 saturated carbocycles. The van der Waals surface area contributed by atoms with Crippen molar-refractivity contribution in [2.24, 2.45) is 0 Å². The zero-order valence-electron chi connectivity index (χ0n) is 11.6. The van der Waals surface area contributed by atoms with Crippen molar-refractivity contribution in [3.05, 3.63) is 24.3 Å². The standard InChI is InChI=1S/C12H15NO7S2/c1-21(17,18)8-3-2-4-9(7-8)22(19,20)13-6-5-10(14)11(13)12(15)16/h2-4,7,10-11,14H,5-6H2,1H3,(H,15,16)/t10-,11-/m0/s1. The van der Waals surface area contributed by atoms with Gasteiger partial charge >= 0.3 is 5.97 Å². The number of carboxylic acid groups (broad SMARTS) is 1. The van der Waals surface area contributed by atoms with Crippen LogP contribution in [0, 0.1) is 0 Å². The van der Waals surface area contributed by atoms with Crippen molar-refractivity contribution < 1.29 is 31.8 Å². The predicted molar refractivity (Wildman–Crippen MR) is 75.5 cm³/mol. The largest absolute Gasteiger partial charge is 0.480 e. The molecule has 0 aromatic heterocycles. The highest BCUT2D eigenvalue weighted by Gasteiger charge is 2.45. The van der Waals surface area contributed by atoms with Crippen molar-refractivity contribution in [3.8, 4) is 0 Å². The number of nitrogens with zero attached hydrogens (tertiary/aromatic N) is 1. The molecule has 0 radical (unpaired) electrons. The molecule has 0 unspecified atom stereocenters. The number of aliphatic hydroxyl groups is 1. The quantitative estimate of drug-likeness (QED) is 0.735. The molecule has 0 aliphatic carbocycles. The van der Waals surface area contributed by atoms with E-state index in [4.69, 9.17) is 5.11 Å². The van der Waals surface area contributed by atoms with Crippen LogP contribution in [0.15, 0.2) is 34.1 Å². The molecule has 122 valence electrons. The van der Waals surface area contributed by atoms with Gasteiger partial charge in [0, 0.05) is 12.8 Å². The van der Waals surface area contributed by atoms with Gasteiger partial charge in [0.1, 0.15) is 6.04 Å². The molecule has 2 atom stereocenters. The van der Waals surface area contributed by atoms with Crippen LogP contribution in [0.4, 0.5) is 0 Å². The molecule has 0 bridgehead atoms. The minimum absolute atomic E-state index is 0.00195. The lowest BCUT2D eigenvalue weighted by Gasteiger charge is -2.22. The Morgan fingerprint density at radius 3 is 2.36 bits per heavy atom. The van der Waals surface area contributed by atoms with E-state index in [-0.39, 0.29) is 22.8 Å². The molecule has 2 N–H and O–H groups in total. The molecule has 1 aromatic carbocycles. The molecule has 1 aromatic rings. The molecule has 1 fully saturated rings. The Labute approximate surface area is 128 Å². The third-order valence-corrected chi connectivity index (χ3v) is 6.40. The van der Waals surface area contributed by atoms with Gasteiger partial charge in [0.25, 0.3) is 0 Å². The summed E-state index contributed by atoms with van der Waals surface area (Å²) in [5.74, 6) is -1.45. The van der Waals surface area contributed by atoms with Gasteiger partial charge in [-0.15, -0.1) is 0 Å².